The summed E-state index contributed by atoms with van der Waals surface area (Å²) in [5.41, 5.74) is 6.41. The lowest BCUT2D eigenvalue weighted by Crippen LogP contribution is -2.27. The first kappa shape index (κ1) is 13.4. The van der Waals surface area contributed by atoms with Gasteiger partial charge in [-0.3, -0.25) is 4.79 Å². The molecule has 1 rings (SSSR count). The number of carbonyl (C=O) groups is 1. The quantitative estimate of drug-likeness (QED) is 0.863. The number of benzene rings is 1. The number of likely N-dealkylation sites (N-methyl/N-ethyl adjacent to an activating group) is 1. The Morgan fingerprint density at radius 2 is 2.18 bits per heavy atom. The number of rotatable bonds is 4. The fraction of sp³-hybridized carbons (Fsp3) is 0.417. The Balaban J connectivity index is 2.82. The van der Waals surface area contributed by atoms with E-state index in [2.05, 4.69) is 0 Å². The highest BCUT2D eigenvalue weighted by molar-refractivity contribution is 5.77. The highest BCUT2D eigenvalue weighted by Gasteiger charge is 2.11. The lowest BCUT2D eigenvalue weighted by Gasteiger charge is -2.15. The van der Waals surface area contributed by atoms with E-state index in [0.29, 0.717) is 11.3 Å². The van der Waals surface area contributed by atoms with Crippen LogP contribution in [0.2, 0.25) is 0 Å². The van der Waals surface area contributed by atoms with E-state index < -0.39 is 5.82 Å². The summed E-state index contributed by atoms with van der Waals surface area (Å²) in [6.45, 7) is 1.64. The van der Waals surface area contributed by atoms with E-state index in [4.69, 9.17) is 10.5 Å². The molecule has 1 aromatic rings. The van der Waals surface area contributed by atoms with Crippen LogP contribution in [0, 0.1) is 5.82 Å². The molecule has 0 aliphatic rings. The zero-order valence-corrected chi connectivity index (χ0v) is 10.2. The molecule has 17 heavy (non-hydrogen) atoms. The number of carbonyl (C=O) groups excluding carboxylic acids is 1. The summed E-state index contributed by atoms with van der Waals surface area (Å²) < 4.78 is 18.4. The lowest BCUT2D eigenvalue weighted by molar-refractivity contribution is -0.130. The molecule has 0 saturated heterocycles. The van der Waals surface area contributed by atoms with Crippen molar-refractivity contribution in [3.05, 3.63) is 29.6 Å². The average molecular weight is 240 g/mol. The van der Waals surface area contributed by atoms with Gasteiger partial charge >= 0.3 is 0 Å². The molecule has 1 aromatic carbocycles. The Kier molecular flexibility index (Phi) is 4.45. The van der Waals surface area contributed by atoms with Crippen molar-refractivity contribution in [2.24, 2.45) is 5.73 Å². The van der Waals surface area contributed by atoms with Gasteiger partial charge in [-0.05, 0) is 13.0 Å². The summed E-state index contributed by atoms with van der Waals surface area (Å²) in [6.07, 6.45) is 0. The number of halogens is 1. The Morgan fingerprint density at radius 3 is 2.71 bits per heavy atom. The number of nitrogens with two attached hydrogens (primary N) is 1. The second kappa shape index (κ2) is 5.63. The summed E-state index contributed by atoms with van der Waals surface area (Å²) in [7, 11) is 3.26. The van der Waals surface area contributed by atoms with Gasteiger partial charge in [0.15, 0.2) is 6.61 Å². The van der Waals surface area contributed by atoms with E-state index >= 15 is 0 Å². The highest BCUT2D eigenvalue weighted by atomic mass is 19.1. The summed E-state index contributed by atoms with van der Waals surface area (Å²) in [5.74, 6) is -0.290. The van der Waals surface area contributed by atoms with Crippen LogP contribution in [0.15, 0.2) is 18.2 Å². The van der Waals surface area contributed by atoms with Crippen molar-refractivity contribution >= 4 is 5.91 Å². The van der Waals surface area contributed by atoms with Crippen LogP contribution in [0.4, 0.5) is 4.39 Å². The van der Waals surface area contributed by atoms with Crippen LogP contribution in [0.5, 0.6) is 5.75 Å². The molecule has 0 spiro atoms. The molecular weight excluding hydrogens is 223 g/mol. The molecule has 0 radical (unpaired) electrons. The number of hydrogen-bond acceptors (Lipinski definition) is 3. The van der Waals surface area contributed by atoms with Gasteiger partial charge in [-0.2, -0.15) is 0 Å². The van der Waals surface area contributed by atoms with Crippen molar-refractivity contribution in [1.29, 1.82) is 0 Å². The largest absolute Gasteiger partial charge is 0.483 e. The molecule has 4 nitrogen and oxygen atoms in total. The minimum Gasteiger partial charge on any atom is -0.483 e. The lowest BCUT2D eigenvalue weighted by atomic mass is 10.1. The maximum Gasteiger partial charge on any atom is 0.259 e. The van der Waals surface area contributed by atoms with Crippen molar-refractivity contribution in [2.75, 3.05) is 20.7 Å². The van der Waals surface area contributed by atoms with Gasteiger partial charge in [0, 0.05) is 31.8 Å². The van der Waals surface area contributed by atoms with E-state index in [-0.39, 0.29) is 18.6 Å². The van der Waals surface area contributed by atoms with Crippen molar-refractivity contribution in [1.82, 2.24) is 4.90 Å². The zero-order chi connectivity index (χ0) is 13.0. The number of hydrogen-bond donors (Lipinski definition) is 1. The zero-order valence-electron chi connectivity index (χ0n) is 10.2. The van der Waals surface area contributed by atoms with E-state index in [9.17, 15) is 9.18 Å². The van der Waals surface area contributed by atoms with Crippen molar-refractivity contribution < 1.29 is 13.9 Å². The Labute approximate surface area is 100 Å². The smallest absolute Gasteiger partial charge is 0.259 e. The normalized spacial score (nSPS) is 12.1. The van der Waals surface area contributed by atoms with Gasteiger partial charge in [-0.15, -0.1) is 0 Å². The third-order valence-corrected chi connectivity index (χ3v) is 2.32. The number of nitrogens with zero attached hydrogens (tertiary/aromatic N) is 1. The molecule has 1 unspecified atom stereocenters. The topological polar surface area (TPSA) is 55.6 Å². The molecule has 0 aliphatic carbocycles. The van der Waals surface area contributed by atoms with Crippen molar-refractivity contribution in [3.63, 3.8) is 0 Å². The Morgan fingerprint density at radius 1 is 1.53 bits per heavy atom. The van der Waals surface area contributed by atoms with Crippen LogP contribution in [0.25, 0.3) is 0 Å². The van der Waals surface area contributed by atoms with Crippen LogP contribution in [-0.2, 0) is 4.79 Å². The molecule has 2 N–H and O–H groups in total. The third-order valence-electron chi connectivity index (χ3n) is 2.32. The van der Waals surface area contributed by atoms with Gasteiger partial charge in [0.2, 0.25) is 0 Å². The number of amides is 1. The molecule has 0 bridgehead atoms. The number of ether oxygens (including phenoxy) is 1. The molecule has 0 heterocycles. The van der Waals surface area contributed by atoms with E-state index in [0.717, 1.165) is 0 Å². The molecule has 1 amide bonds. The van der Waals surface area contributed by atoms with Gasteiger partial charge in [-0.1, -0.05) is 6.07 Å². The summed E-state index contributed by atoms with van der Waals surface area (Å²) in [4.78, 5) is 12.8. The van der Waals surface area contributed by atoms with Crippen LogP contribution < -0.4 is 10.5 Å². The first-order valence-electron chi connectivity index (χ1n) is 5.29. The van der Waals surface area contributed by atoms with Gasteiger partial charge in [0.05, 0.1) is 0 Å². The minimum absolute atomic E-state index is 0.129. The summed E-state index contributed by atoms with van der Waals surface area (Å²) in [6, 6.07) is 3.84. The van der Waals surface area contributed by atoms with E-state index in [1.54, 1.807) is 27.1 Å². The molecular formula is C12H17FN2O2. The van der Waals surface area contributed by atoms with E-state index in [1.165, 1.54) is 17.0 Å². The van der Waals surface area contributed by atoms with Gasteiger partial charge in [0.25, 0.3) is 5.91 Å². The standard InChI is InChI=1S/C12H17FN2O2/c1-8(14)10-5-4-9(13)6-11(10)17-7-12(16)15(2)3/h4-6,8H,7,14H2,1-3H3. The van der Waals surface area contributed by atoms with E-state index in [1.807, 2.05) is 0 Å². The minimum atomic E-state index is -0.415. The molecule has 1 atom stereocenters. The van der Waals surface area contributed by atoms with Crippen LogP contribution in [-0.4, -0.2) is 31.5 Å². The predicted octanol–water partition coefficient (Wildman–Crippen LogP) is 1.31. The fourth-order valence-electron chi connectivity index (χ4n) is 1.28. The van der Waals surface area contributed by atoms with Crippen molar-refractivity contribution in [2.45, 2.75) is 13.0 Å². The second-order valence-corrected chi connectivity index (χ2v) is 4.05. The van der Waals surface area contributed by atoms with Gasteiger partial charge < -0.3 is 15.4 Å². The molecule has 0 aromatic heterocycles. The monoisotopic (exact) mass is 240 g/mol. The van der Waals surface area contributed by atoms with Gasteiger partial charge in [0.1, 0.15) is 11.6 Å². The molecule has 5 heteroatoms. The predicted molar refractivity (Wildman–Crippen MR) is 63.2 cm³/mol. The highest BCUT2D eigenvalue weighted by Crippen LogP contribution is 2.24. The van der Waals surface area contributed by atoms with Crippen molar-refractivity contribution in [3.8, 4) is 5.75 Å². The first-order valence-corrected chi connectivity index (χ1v) is 5.29. The molecule has 94 valence electrons. The van der Waals surface area contributed by atoms with Crippen LogP contribution in [0.1, 0.15) is 18.5 Å². The second-order valence-electron chi connectivity index (χ2n) is 4.05. The molecule has 0 saturated carbocycles. The summed E-state index contributed by atoms with van der Waals surface area (Å²) >= 11 is 0. The fourth-order valence-corrected chi connectivity index (χ4v) is 1.28. The Bertz CT molecular complexity index is 405. The average Bonchev–Trinajstić information content (AvgIpc) is 2.25. The third kappa shape index (κ3) is 3.71. The molecule has 0 aliphatic heterocycles. The van der Waals surface area contributed by atoms with Gasteiger partial charge in [-0.25, -0.2) is 4.39 Å². The SMILES string of the molecule is CC(N)c1ccc(F)cc1OCC(=O)N(C)C. The van der Waals surface area contributed by atoms with Crippen LogP contribution >= 0.6 is 0 Å². The maximum absolute atomic E-state index is 13.1. The van der Waals surface area contributed by atoms with Crippen LogP contribution in [0.3, 0.4) is 0 Å². The molecule has 0 fully saturated rings. The first-order chi connectivity index (χ1) is 7.91. The summed E-state index contributed by atoms with van der Waals surface area (Å²) in [5, 5.41) is 0. The Hall–Kier alpha value is -1.62. The maximum atomic E-state index is 13.1.